The van der Waals surface area contributed by atoms with E-state index in [0.29, 0.717) is 11.3 Å². The van der Waals surface area contributed by atoms with Gasteiger partial charge in [-0.2, -0.15) is 5.10 Å². The van der Waals surface area contributed by atoms with Crippen LogP contribution in [0.2, 0.25) is 0 Å². The van der Waals surface area contributed by atoms with Crippen LogP contribution < -0.4 is 5.32 Å². The zero-order valence-corrected chi connectivity index (χ0v) is 11.2. The van der Waals surface area contributed by atoms with Gasteiger partial charge in [0, 0.05) is 24.5 Å². The molecule has 0 amide bonds. The van der Waals surface area contributed by atoms with Gasteiger partial charge in [0.1, 0.15) is 11.1 Å². The standard InChI is InChI=1S/C11H10BrF3N4/c12-11-10(15)7(1-2-16-11)3-17-8-4-18-19(5-8)6-9(13)14/h1-2,4-5,9,17H,3,6H2. The van der Waals surface area contributed by atoms with E-state index in [-0.39, 0.29) is 11.1 Å². The molecule has 0 aliphatic rings. The Morgan fingerprint density at radius 3 is 2.95 bits per heavy atom. The summed E-state index contributed by atoms with van der Waals surface area (Å²) in [5.74, 6) is -0.449. The summed E-state index contributed by atoms with van der Waals surface area (Å²) in [6.07, 6.45) is 1.88. The third kappa shape index (κ3) is 3.69. The van der Waals surface area contributed by atoms with Crippen molar-refractivity contribution in [3.8, 4) is 0 Å². The van der Waals surface area contributed by atoms with Crippen LogP contribution in [0.25, 0.3) is 0 Å². The quantitative estimate of drug-likeness (QED) is 0.854. The maximum atomic E-state index is 13.6. The Balaban J connectivity index is 1.98. The number of hydrogen-bond acceptors (Lipinski definition) is 3. The van der Waals surface area contributed by atoms with Crippen molar-refractivity contribution in [1.29, 1.82) is 0 Å². The Morgan fingerprint density at radius 2 is 2.21 bits per heavy atom. The molecule has 1 N–H and O–H groups in total. The van der Waals surface area contributed by atoms with E-state index < -0.39 is 18.8 Å². The number of halogens is 4. The van der Waals surface area contributed by atoms with Gasteiger partial charge in [0.15, 0.2) is 5.82 Å². The second-order valence-corrected chi connectivity index (χ2v) is 4.52. The summed E-state index contributed by atoms with van der Waals surface area (Å²) in [6, 6.07) is 1.54. The summed E-state index contributed by atoms with van der Waals surface area (Å²) < 4.78 is 39.2. The highest BCUT2D eigenvalue weighted by Crippen LogP contribution is 2.17. The van der Waals surface area contributed by atoms with Gasteiger partial charge in [-0.15, -0.1) is 0 Å². The number of aromatic nitrogens is 3. The number of rotatable bonds is 5. The molecular formula is C11H10BrF3N4. The van der Waals surface area contributed by atoms with Crippen LogP contribution in [-0.2, 0) is 13.1 Å². The first kappa shape index (κ1) is 13.9. The van der Waals surface area contributed by atoms with Crippen molar-refractivity contribution < 1.29 is 13.2 Å². The Hall–Kier alpha value is -1.57. The molecule has 0 fully saturated rings. The summed E-state index contributed by atoms with van der Waals surface area (Å²) in [5, 5.41) is 6.67. The predicted octanol–water partition coefficient (Wildman–Crippen LogP) is 3.06. The van der Waals surface area contributed by atoms with Crippen molar-refractivity contribution >= 4 is 21.6 Å². The monoisotopic (exact) mass is 334 g/mol. The summed E-state index contributed by atoms with van der Waals surface area (Å²) in [6.45, 7) is -0.246. The second-order valence-electron chi connectivity index (χ2n) is 3.77. The highest BCUT2D eigenvalue weighted by molar-refractivity contribution is 9.10. The van der Waals surface area contributed by atoms with Crippen molar-refractivity contribution in [2.24, 2.45) is 0 Å². The first-order valence-electron chi connectivity index (χ1n) is 5.39. The summed E-state index contributed by atoms with van der Waals surface area (Å²) in [4.78, 5) is 3.75. The van der Waals surface area contributed by atoms with Crippen molar-refractivity contribution in [2.75, 3.05) is 5.32 Å². The van der Waals surface area contributed by atoms with E-state index in [1.165, 1.54) is 24.7 Å². The molecule has 2 aromatic heterocycles. The smallest absolute Gasteiger partial charge is 0.257 e. The number of alkyl halides is 2. The van der Waals surface area contributed by atoms with Crippen molar-refractivity contribution in [3.63, 3.8) is 0 Å². The van der Waals surface area contributed by atoms with Gasteiger partial charge in [-0.05, 0) is 22.0 Å². The van der Waals surface area contributed by atoms with Crippen LogP contribution in [0, 0.1) is 5.82 Å². The Morgan fingerprint density at radius 1 is 1.42 bits per heavy atom. The van der Waals surface area contributed by atoms with Crippen LogP contribution in [0.5, 0.6) is 0 Å². The number of nitrogens with one attached hydrogen (secondary N) is 1. The fourth-order valence-electron chi connectivity index (χ4n) is 1.48. The van der Waals surface area contributed by atoms with Crippen LogP contribution in [0.4, 0.5) is 18.9 Å². The van der Waals surface area contributed by atoms with Crippen molar-refractivity contribution in [1.82, 2.24) is 14.8 Å². The molecule has 2 aromatic rings. The van der Waals surface area contributed by atoms with Crippen molar-refractivity contribution in [3.05, 3.63) is 40.6 Å². The fraction of sp³-hybridized carbons (Fsp3) is 0.273. The van der Waals surface area contributed by atoms with Gasteiger partial charge in [0.2, 0.25) is 0 Å². The van der Waals surface area contributed by atoms with E-state index >= 15 is 0 Å². The minimum Gasteiger partial charge on any atom is -0.378 e. The zero-order chi connectivity index (χ0) is 13.8. The van der Waals surface area contributed by atoms with E-state index in [1.54, 1.807) is 0 Å². The first-order valence-corrected chi connectivity index (χ1v) is 6.19. The molecule has 0 saturated carbocycles. The van der Waals surface area contributed by atoms with E-state index in [4.69, 9.17) is 0 Å². The second kappa shape index (κ2) is 6.05. The highest BCUT2D eigenvalue weighted by atomic mass is 79.9. The molecule has 4 nitrogen and oxygen atoms in total. The fourth-order valence-corrected chi connectivity index (χ4v) is 1.86. The summed E-state index contributed by atoms with van der Waals surface area (Å²) >= 11 is 2.99. The molecule has 0 unspecified atom stereocenters. The van der Waals surface area contributed by atoms with Crippen molar-refractivity contribution in [2.45, 2.75) is 19.5 Å². The lowest BCUT2D eigenvalue weighted by molar-refractivity contribution is 0.122. The van der Waals surface area contributed by atoms with E-state index in [9.17, 15) is 13.2 Å². The topological polar surface area (TPSA) is 42.7 Å². The third-order valence-corrected chi connectivity index (χ3v) is 2.92. The molecule has 0 aromatic carbocycles. The zero-order valence-electron chi connectivity index (χ0n) is 9.65. The molecule has 0 saturated heterocycles. The average Bonchev–Trinajstić information content (AvgIpc) is 2.78. The number of nitrogens with zero attached hydrogens (tertiary/aromatic N) is 3. The van der Waals surface area contributed by atoms with E-state index in [2.05, 4.69) is 31.3 Å². The molecule has 0 spiro atoms. The molecule has 0 bridgehead atoms. The molecule has 102 valence electrons. The number of hydrogen-bond donors (Lipinski definition) is 1. The van der Waals surface area contributed by atoms with Gasteiger partial charge in [0.05, 0.1) is 11.9 Å². The van der Waals surface area contributed by atoms with Crippen LogP contribution >= 0.6 is 15.9 Å². The maximum Gasteiger partial charge on any atom is 0.257 e. The van der Waals surface area contributed by atoms with Gasteiger partial charge >= 0.3 is 0 Å². The maximum absolute atomic E-state index is 13.6. The van der Waals surface area contributed by atoms with Gasteiger partial charge in [-0.3, -0.25) is 4.68 Å². The summed E-state index contributed by atoms with van der Waals surface area (Å²) in [5.41, 5.74) is 0.969. The average molecular weight is 335 g/mol. The molecule has 19 heavy (non-hydrogen) atoms. The Bertz CT molecular complexity index is 559. The minimum absolute atomic E-state index is 0.139. The molecule has 0 atom stereocenters. The molecule has 0 aliphatic heterocycles. The first-order chi connectivity index (χ1) is 9.06. The van der Waals surface area contributed by atoms with Gasteiger partial charge in [-0.1, -0.05) is 0 Å². The normalized spacial score (nSPS) is 11.0. The lowest BCUT2D eigenvalue weighted by Crippen LogP contribution is -2.06. The van der Waals surface area contributed by atoms with E-state index in [0.717, 1.165) is 4.68 Å². The van der Waals surface area contributed by atoms with Crippen LogP contribution in [0.1, 0.15) is 5.56 Å². The summed E-state index contributed by atoms with van der Waals surface area (Å²) in [7, 11) is 0. The Labute approximate surface area is 115 Å². The SMILES string of the molecule is Fc1c(CNc2cnn(CC(F)F)c2)ccnc1Br. The largest absolute Gasteiger partial charge is 0.378 e. The van der Waals surface area contributed by atoms with Gasteiger partial charge in [0.25, 0.3) is 6.43 Å². The lowest BCUT2D eigenvalue weighted by atomic mass is 10.2. The van der Waals surface area contributed by atoms with Crippen LogP contribution in [0.3, 0.4) is 0 Å². The highest BCUT2D eigenvalue weighted by Gasteiger charge is 2.08. The van der Waals surface area contributed by atoms with Gasteiger partial charge < -0.3 is 5.32 Å². The Kier molecular flexibility index (Phi) is 4.41. The number of anilines is 1. The third-order valence-electron chi connectivity index (χ3n) is 2.37. The van der Waals surface area contributed by atoms with Gasteiger partial charge in [-0.25, -0.2) is 18.2 Å². The minimum atomic E-state index is -2.46. The predicted molar refractivity (Wildman–Crippen MR) is 67.5 cm³/mol. The molecule has 8 heteroatoms. The molecule has 2 rings (SSSR count). The molecular weight excluding hydrogens is 325 g/mol. The number of pyridine rings is 1. The molecule has 0 aliphatic carbocycles. The van der Waals surface area contributed by atoms with E-state index in [1.807, 2.05) is 0 Å². The van der Waals surface area contributed by atoms with Crippen LogP contribution in [-0.4, -0.2) is 21.2 Å². The van der Waals surface area contributed by atoms with Crippen LogP contribution in [0.15, 0.2) is 29.3 Å². The lowest BCUT2D eigenvalue weighted by Gasteiger charge is -2.05. The molecule has 2 heterocycles. The molecule has 0 radical (unpaired) electrons.